The zero-order valence-corrected chi connectivity index (χ0v) is 19.8. The summed E-state index contributed by atoms with van der Waals surface area (Å²) in [5.74, 6) is -1.89. The summed E-state index contributed by atoms with van der Waals surface area (Å²) >= 11 is 1.37. The Balaban J connectivity index is 1.72. The molecule has 9 heteroatoms. The fourth-order valence-electron chi connectivity index (χ4n) is 3.99. The lowest BCUT2D eigenvalue weighted by atomic mass is 9.95. The molecule has 2 aromatic rings. The van der Waals surface area contributed by atoms with E-state index in [2.05, 4.69) is 10.3 Å². The van der Waals surface area contributed by atoms with E-state index in [9.17, 15) is 19.2 Å². The molecule has 0 fully saturated rings. The van der Waals surface area contributed by atoms with Gasteiger partial charge in [0.1, 0.15) is 10.7 Å². The first-order valence-electron chi connectivity index (χ1n) is 10.6. The third-order valence-electron chi connectivity index (χ3n) is 5.30. The van der Waals surface area contributed by atoms with Crippen LogP contribution < -0.4 is 5.32 Å². The quantitative estimate of drug-likeness (QED) is 0.474. The number of anilines is 1. The van der Waals surface area contributed by atoms with Gasteiger partial charge >= 0.3 is 11.9 Å². The normalized spacial score (nSPS) is 12.9. The van der Waals surface area contributed by atoms with Gasteiger partial charge in [-0.25, -0.2) is 9.59 Å². The van der Waals surface area contributed by atoms with Crippen molar-refractivity contribution < 1.29 is 28.7 Å². The number of hydrogen-bond acceptors (Lipinski definition) is 7. The molecular weight excluding hydrogens is 432 g/mol. The molecule has 0 saturated carbocycles. The van der Waals surface area contributed by atoms with Crippen molar-refractivity contribution in [3.8, 4) is 0 Å². The van der Waals surface area contributed by atoms with E-state index < -0.39 is 24.5 Å². The van der Waals surface area contributed by atoms with Crippen molar-refractivity contribution in [1.29, 1.82) is 0 Å². The summed E-state index contributed by atoms with van der Waals surface area (Å²) in [6.45, 7) is 7.80. The smallest absolute Gasteiger partial charge is 0.355 e. The molecule has 0 radical (unpaired) electrons. The van der Waals surface area contributed by atoms with E-state index in [1.54, 1.807) is 27.7 Å². The molecule has 0 unspecified atom stereocenters. The lowest BCUT2D eigenvalue weighted by molar-refractivity contribution is -0.119. The number of rotatable bonds is 7. The maximum absolute atomic E-state index is 12.7. The van der Waals surface area contributed by atoms with Crippen LogP contribution in [0.1, 0.15) is 86.5 Å². The Morgan fingerprint density at radius 3 is 2.38 bits per heavy atom. The van der Waals surface area contributed by atoms with E-state index in [-0.39, 0.29) is 17.6 Å². The number of ketones is 1. The van der Waals surface area contributed by atoms with E-state index in [0.29, 0.717) is 27.4 Å². The van der Waals surface area contributed by atoms with Gasteiger partial charge in [-0.15, -0.1) is 11.3 Å². The molecule has 1 aliphatic rings. The number of Topliss-reactive ketones (excluding diaryl/α,β-unsaturated/α-hetero) is 1. The Hall–Kier alpha value is -2.94. The third kappa shape index (κ3) is 4.93. The van der Waals surface area contributed by atoms with Gasteiger partial charge in [0.2, 0.25) is 0 Å². The summed E-state index contributed by atoms with van der Waals surface area (Å²) in [6.07, 6.45) is 3.36. The monoisotopic (exact) mass is 460 g/mol. The Labute approximate surface area is 190 Å². The summed E-state index contributed by atoms with van der Waals surface area (Å²) in [6, 6.07) is 0. The average molecular weight is 461 g/mol. The SMILES string of the molecule is CC(=O)c1c(C)[nH]c(C(=O)OCC(=O)Nc2sc3c(c2C(=O)OC(C)C)CCCC3)c1C. The van der Waals surface area contributed by atoms with Crippen molar-refractivity contribution in [2.75, 3.05) is 11.9 Å². The highest BCUT2D eigenvalue weighted by atomic mass is 32.1. The predicted octanol–water partition coefficient (Wildman–Crippen LogP) is 4.14. The number of aromatic amines is 1. The van der Waals surface area contributed by atoms with E-state index in [1.807, 2.05) is 0 Å². The molecule has 2 heterocycles. The number of nitrogens with one attached hydrogen (secondary N) is 2. The largest absolute Gasteiger partial charge is 0.459 e. The fraction of sp³-hybridized carbons (Fsp3) is 0.478. The molecule has 2 aromatic heterocycles. The standard InChI is InChI=1S/C23H28N2O6S/c1-11(2)31-22(28)19-15-8-6-7-9-16(15)32-21(19)25-17(27)10-30-23(29)20-12(3)18(14(5)26)13(4)24-20/h11,24H,6-10H2,1-5H3,(H,25,27). The first-order chi connectivity index (χ1) is 15.1. The highest BCUT2D eigenvalue weighted by Crippen LogP contribution is 2.38. The van der Waals surface area contributed by atoms with Crippen molar-refractivity contribution in [1.82, 2.24) is 4.98 Å². The molecule has 172 valence electrons. The molecule has 0 bridgehead atoms. The molecule has 1 amide bonds. The number of thiophene rings is 1. The van der Waals surface area contributed by atoms with Crippen molar-refractivity contribution in [3.05, 3.63) is 38.5 Å². The maximum Gasteiger partial charge on any atom is 0.355 e. The zero-order valence-electron chi connectivity index (χ0n) is 19.0. The van der Waals surface area contributed by atoms with Crippen LogP contribution in [0.5, 0.6) is 0 Å². The first kappa shape index (κ1) is 23.7. The molecule has 8 nitrogen and oxygen atoms in total. The highest BCUT2D eigenvalue weighted by molar-refractivity contribution is 7.17. The Kier molecular flexibility index (Phi) is 7.18. The van der Waals surface area contributed by atoms with E-state index in [0.717, 1.165) is 36.1 Å². The predicted molar refractivity (Wildman–Crippen MR) is 121 cm³/mol. The van der Waals surface area contributed by atoms with Gasteiger partial charge in [-0.3, -0.25) is 9.59 Å². The van der Waals surface area contributed by atoms with Crippen molar-refractivity contribution in [2.24, 2.45) is 0 Å². The van der Waals surface area contributed by atoms with Gasteiger partial charge in [0.15, 0.2) is 12.4 Å². The second-order valence-corrected chi connectivity index (χ2v) is 9.28. The maximum atomic E-state index is 12.7. The molecule has 2 N–H and O–H groups in total. The number of esters is 2. The van der Waals surface area contributed by atoms with Crippen molar-refractivity contribution >= 4 is 40.0 Å². The van der Waals surface area contributed by atoms with Crippen LogP contribution in [0.2, 0.25) is 0 Å². The van der Waals surface area contributed by atoms with Crippen LogP contribution in [0.4, 0.5) is 5.00 Å². The van der Waals surface area contributed by atoms with Gasteiger partial charge in [0.05, 0.1) is 11.7 Å². The fourth-order valence-corrected chi connectivity index (χ4v) is 5.28. The highest BCUT2D eigenvalue weighted by Gasteiger charge is 2.28. The number of aryl methyl sites for hydroxylation is 2. The van der Waals surface area contributed by atoms with Gasteiger partial charge in [0.25, 0.3) is 5.91 Å². The molecule has 0 atom stereocenters. The number of ether oxygens (including phenoxy) is 2. The number of hydrogen-bond donors (Lipinski definition) is 2. The summed E-state index contributed by atoms with van der Waals surface area (Å²) in [7, 11) is 0. The number of carbonyl (C=O) groups excluding carboxylic acids is 4. The molecule has 0 aliphatic heterocycles. The summed E-state index contributed by atoms with van der Waals surface area (Å²) in [5.41, 5.74) is 2.99. The van der Waals surface area contributed by atoms with Gasteiger partial charge < -0.3 is 19.8 Å². The minimum Gasteiger partial charge on any atom is -0.459 e. The van der Waals surface area contributed by atoms with E-state index in [1.165, 1.54) is 18.3 Å². The second-order valence-electron chi connectivity index (χ2n) is 8.17. The van der Waals surface area contributed by atoms with Gasteiger partial charge in [0, 0.05) is 16.1 Å². The molecule has 0 aromatic carbocycles. The van der Waals surface area contributed by atoms with Crippen molar-refractivity contribution in [3.63, 3.8) is 0 Å². The van der Waals surface area contributed by atoms with Crippen LogP contribution in [-0.2, 0) is 27.1 Å². The van der Waals surface area contributed by atoms with Crippen molar-refractivity contribution in [2.45, 2.75) is 66.4 Å². The second kappa shape index (κ2) is 9.68. The summed E-state index contributed by atoms with van der Waals surface area (Å²) in [5, 5.41) is 3.14. The minimum absolute atomic E-state index is 0.147. The molecule has 0 saturated heterocycles. The van der Waals surface area contributed by atoms with Crippen LogP contribution in [0, 0.1) is 13.8 Å². The Morgan fingerprint density at radius 2 is 1.75 bits per heavy atom. The molecule has 0 spiro atoms. The van der Waals surface area contributed by atoms with Gasteiger partial charge in [-0.05, 0) is 71.4 Å². The number of amides is 1. The van der Waals surface area contributed by atoms with Crippen LogP contribution in [0.15, 0.2) is 0 Å². The zero-order chi connectivity index (χ0) is 23.6. The third-order valence-corrected chi connectivity index (χ3v) is 6.51. The summed E-state index contributed by atoms with van der Waals surface area (Å²) < 4.78 is 10.5. The molecule has 32 heavy (non-hydrogen) atoms. The Morgan fingerprint density at radius 1 is 1.06 bits per heavy atom. The number of aromatic nitrogens is 1. The molecular formula is C23H28N2O6S. The van der Waals surface area contributed by atoms with E-state index >= 15 is 0 Å². The number of fused-ring (bicyclic) bond motifs is 1. The topological polar surface area (TPSA) is 115 Å². The van der Waals surface area contributed by atoms with Crippen LogP contribution >= 0.6 is 11.3 Å². The Bertz CT molecular complexity index is 1080. The van der Waals surface area contributed by atoms with Gasteiger partial charge in [-0.1, -0.05) is 0 Å². The first-order valence-corrected chi connectivity index (χ1v) is 11.4. The molecule has 3 rings (SSSR count). The van der Waals surface area contributed by atoms with Crippen LogP contribution in [0.25, 0.3) is 0 Å². The molecule has 1 aliphatic carbocycles. The summed E-state index contributed by atoms with van der Waals surface area (Å²) in [4.78, 5) is 53.3. The van der Waals surface area contributed by atoms with Crippen LogP contribution in [0.3, 0.4) is 0 Å². The van der Waals surface area contributed by atoms with Crippen LogP contribution in [-0.4, -0.2) is 41.3 Å². The lowest BCUT2D eigenvalue weighted by Gasteiger charge is -2.14. The lowest BCUT2D eigenvalue weighted by Crippen LogP contribution is -2.22. The average Bonchev–Trinajstić information content (AvgIpc) is 3.21. The van der Waals surface area contributed by atoms with Gasteiger partial charge in [-0.2, -0.15) is 0 Å². The number of carbonyl (C=O) groups is 4. The van der Waals surface area contributed by atoms with E-state index in [4.69, 9.17) is 9.47 Å². The minimum atomic E-state index is -0.724. The number of H-pyrrole nitrogens is 1.